The summed E-state index contributed by atoms with van der Waals surface area (Å²) < 4.78 is 4.99. The fourth-order valence-electron chi connectivity index (χ4n) is 2.02. The first-order valence-corrected chi connectivity index (χ1v) is 5.64. The van der Waals surface area contributed by atoms with E-state index in [-0.39, 0.29) is 18.1 Å². The van der Waals surface area contributed by atoms with E-state index in [1.807, 2.05) is 25.3 Å². The fourth-order valence-corrected chi connectivity index (χ4v) is 2.02. The molecule has 0 amide bonds. The summed E-state index contributed by atoms with van der Waals surface area (Å²) in [5, 5.41) is 3.28. The lowest BCUT2D eigenvalue weighted by atomic mass is 10.1. The van der Waals surface area contributed by atoms with Crippen LogP contribution >= 0.6 is 0 Å². The van der Waals surface area contributed by atoms with E-state index >= 15 is 0 Å². The summed E-state index contributed by atoms with van der Waals surface area (Å²) in [5.74, 6) is -0.145. The Morgan fingerprint density at radius 2 is 2.50 bits per heavy atom. The summed E-state index contributed by atoms with van der Waals surface area (Å²) >= 11 is 0. The third-order valence-corrected chi connectivity index (χ3v) is 2.80. The molecule has 2 atom stereocenters. The van der Waals surface area contributed by atoms with Gasteiger partial charge in [0.15, 0.2) is 0 Å². The van der Waals surface area contributed by atoms with E-state index in [9.17, 15) is 4.79 Å². The van der Waals surface area contributed by atoms with Crippen molar-refractivity contribution in [1.29, 1.82) is 0 Å². The molecule has 0 spiro atoms. The van der Waals surface area contributed by atoms with Gasteiger partial charge in [-0.3, -0.25) is 15.1 Å². The highest BCUT2D eigenvalue weighted by molar-refractivity contribution is 5.76. The van der Waals surface area contributed by atoms with Crippen LogP contribution in [0.2, 0.25) is 0 Å². The molecule has 1 aromatic heterocycles. The molecule has 4 nitrogen and oxygen atoms in total. The van der Waals surface area contributed by atoms with Crippen molar-refractivity contribution in [2.75, 3.05) is 6.61 Å². The first-order valence-electron chi connectivity index (χ1n) is 5.64. The number of aromatic nitrogens is 1. The molecule has 1 aliphatic heterocycles. The lowest BCUT2D eigenvalue weighted by Gasteiger charge is -2.13. The number of carbonyl (C=O) groups is 1. The second-order valence-electron chi connectivity index (χ2n) is 3.89. The van der Waals surface area contributed by atoms with Crippen molar-refractivity contribution in [3.05, 3.63) is 30.1 Å². The zero-order valence-corrected chi connectivity index (χ0v) is 9.35. The number of esters is 1. The molecular weight excluding hydrogens is 204 g/mol. The van der Waals surface area contributed by atoms with Crippen molar-refractivity contribution in [2.24, 2.45) is 0 Å². The maximum Gasteiger partial charge on any atom is 0.323 e. The zero-order valence-electron chi connectivity index (χ0n) is 9.35. The molecule has 0 unspecified atom stereocenters. The van der Waals surface area contributed by atoms with Crippen LogP contribution in [0.15, 0.2) is 24.5 Å². The largest absolute Gasteiger partial charge is 0.465 e. The van der Waals surface area contributed by atoms with Crippen LogP contribution < -0.4 is 5.32 Å². The van der Waals surface area contributed by atoms with E-state index in [0.717, 1.165) is 18.4 Å². The van der Waals surface area contributed by atoms with Crippen molar-refractivity contribution in [3.8, 4) is 0 Å². The Morgan fingerprint density at radius 1 is 1.62 bits per heavy atom. The summed E-state index contributed by atoms with van der Waals surface area (Å²) in [6.07, 6.45) is 5.38. The van der Waals surface area contributed by atoms with Crippen LogP contribution in [-0.4, -0.2) is 23.6 Å². The number of nitrogens with one attached hydrogen (secondary N) is 1. The molecule has 0 aromatic carbocycles. The number of pyridine rings is 1. The van der Waals surface area contributed by atoms with Crippen LogP contribution in [0.4, 0.5) is 0 Å². The number of hydrogen-bond acceptors (Lipinski definition) is 4. The number of rotatable bonds is 3. The minimum Gasteiger partial charge on any atom is -0.465 e. The van der Waals surface area contributed by atoms with Gasteiger partial charge in [-0.15, -0.1) is 0 Å². The maximum absolute atomic E-state index is 11.5. The molecule has 86 valence electrons. The molecule has 2 rings (SSSR count). The summed E-state index contributed by atoms with van der Waals surface area (Å²) in [7, 11) is 0. The summed E-state index contributed by atoms with van der Waals surface area (Å²) in [6, 6.07) is 4.00. The number of hydrogen-bond donors (Lipinski definition) is 1. The second-order valence-corrected chi connectivity index (χ2v) is 3.89. The topological polar surface area (TPSA) is 51.2 Å². The van der Waals surface area contributed by atoms with Crippen molar-refractivity contribution in [3.63, 3.8) is 0 Å². The molecule has 2 heterocycles. The second kappa shape index (κ2) is 5.07. The van der Waals surface area contributed by atoms with E-state index in [0.29, 0.717) is 6.61 Å². The van der Waals surface area contributed by atoms with Gasteiger partial charge in [0.05, 0.1) is 6.61 Å². The van der Waals surface area contributed by atoms with Gasteiger partial charge in [0.2, 0.25) is 0 Å². The highest BCUT2D eigenvalue weighted by atomic mass is 16.5. The van der Waals surface area contributed by atoms with Crippen LogP contribution in [0, 0.1) is 0 Å². The van der Waals surface area contributed by atoms with Crippen LogP contribution in [-0.2, 0) is 9.53 Å². The Labute approximate surface area is 95.0 Å². The fraction of sp³-hybridized carbons (Fsp3) is 0.500. The highest BCUT2D eigenvalue weighted by Crippen LogP contribution is 2.26. The van der Waals surface area contributed by atoms with Crippen molar-refractivity contribution in [1.82, 2.24) is 10.3 Å². The Hall–Kier alpha value is -1.42. The predicted molar refractivity (Wildman–Crippen MR) is 59.8 cm³/mol. The minimum absolute atomic E-state index is 0.145. The van der Waals surface area contributed by atoms with Crippen LogP contribution in [0.1, 0.15) is 31.4 Å². The average Bonchev–Trinajstić information content (AvgIpc) is 2.80. The van der Waals surface area contributed by atoms with E-state index in [1.165, 1.54) is 0 Å². The van der Waals surface area contributed by atoms with Crippen LogP contribution in [0.25, 0.3) is 0 Å². The predicted octanol–water partition coefficient (Wildman–Crippen LogP) is 1.44. The molecule has 1 aromatic rings. The monoisotopic (exact) mass is 220 g/mol. The number of ether oxygens (including phenoxy) is 1. The first kappa shape index (κ1) is 11.1. The van der Waals surface area contributed by atoms with Crippen molar-refractivity contribution in [2.45, 2.75) is 31.8 Å². The van der Waals surface area contributed by atoms with Crippen LogP contribution in [0.5, 0.6) is 0 Å². The Morgan fingerprint density at radius 3 is 3.19 bits per heavy atom. The first-order chi connectivity index (χ1) is 7.81. The lowest BCUT2D eigenvalue weighted by molar-refractivity contribution is -0.145. The van der Waals surface area contributed by atoms with E-state index < -0.39 is 0 Å². The van der Waals surface area contributed by atoms with Gasteiger partial charge in [0.25, 0.3) is 0 Å². The molecule has 1 saturated heterocycles. The molecule has 1 aliphatic rings. The highest BCUT2D eigenvalue weighted by Gasteiger charge is 2.30. The van der Waals surface area contributed by atoms with Crippen LogP contribution in [0.3, 0.4) is 0 Å². The van der Waals surface area contributed by atoms with Gasteiger partial charge < -0.3 is 4.74 Å². The van der Waals surface area contributed by atoms with Gasteiger partial charge in [0, 0.05) is 18.4 Å². The van der Waals surface area contributed by atoms with E-state index in [2.05, 4.69) is 10.3 Å². The minimum atomic E-state index is -0.162. The third-order valence-electron chi connectivity index (χ3n) is 2.80. The molecule has 0 aliphatic carbocycles. The average molecular weight is 220 g/mol. The molecule has 0 radical (unpaired) electrons. The molecule has 16 heavy (non-hydrogen) atoms. The van der Waals surface area contributed by atoms with Gasteiger partial charge >= 0.3 is 5.97 Å². The lowest BCUT2D eigenvalue weighted by Crippen LogP contribution is -2.33. The molecule has 0 bridgehead atoms. The van der Waals surface area contributed by atoms with Gasteiger partial charge in [-0.05, 0) is 31.4 Å². The molecule has 1 N–H and O–H groups in total. The smallest absolute Gasteiger partial charge is 0.323 e. The SMILES string of the molecule is CCOC(=O)[C@@H]1CC[C@H](c2cccnc2)N1. The van der Waals surface area contributed by atoms with Gasteiger partial charge in [-0.2, -0.15) is 0 Å². The van der Waals surface area contributed by atoms with Gasteiger partial charge in [-0.1, -0.05) is 6.07 Å². The molecule has 0 saturated carbocycles. The number of nitrogens with zero attached hydrogens (tertiary/aromatic N) is 1. The number of carbonyl (C=O) groups excluding carboxylic acids is 1. The standard InChI is InChI=1S/C12H16N2O2/c1-2-16-12(15)11-6-5-10(14-11)9-4-3-7-13-8-9/h3-4,7-8,10-11,14H,2,5-6H2,1H3/t10-,11+/m1/s1. The van der Waals surface area contributed by atoms with Gasteiger partial charge in [0.1, 0.15) is 6.04 Å². The summed E-state index contributed by atoms with van der Waals surface area (Å²) in [5.41, 5.74) is 1.13. The van der Waals surface area contributed by atoms with Crippen molar-refractivity contribution < 1.29 is 9.53 Å². The maximum atomic E-state index is 11.5. The Bertz CT molecular complexity index is 353. The molecule has 1 fully saturated rings. The Balaban J connectivity index is 1.96. The third kappa shape index (κ3) is 2.39. The van der Waals surface area contributed by atoms with E-state index in [4.69, 9.17) is 4.74 Å². The molecule has 4 heteroatoms. The van der Waals surface area contributed by atoms with E-state index in [1.54, 1.807) is 6.20 Å². The zero-order chi connectivity index (χ0) is 11.4. The Kier molecular flexibility index (Phi) is 3.51. The summed E-state index contributed by atoms with van der Waals surface area (Å²) in [6.45, 7) is 2.26. The quantitative estimate of drug-likeness (QED) is 0.783. The van der Waals surface area contributed by atoms with Crippen molar-refractivity contribution >= 4 is 5.97 Å². The summed E-state index contributed by atoms with van der Waals surface area (Å²) in [4.78, 5) is 15.6. The molecular formula is C12H16N2O2. The van der Waals surface area contributed by atoms with Gasteiger partial charge in [-0.25, -0.2) is 0 Å². The normalized spacial score (nSPS) is 24.3.